The fraction of sp³-hybridized carbons (Fsp3) is 0.429. The van der Waals surface area contributed by atoms with E-state index in [4.69, 9.17) is 4.74 Å². The first-order valence-corrected chi connectivity index (χ1v) is 9.23. The molecule has 0 aromatic heterocycles. The van der Waals surface area contributed by atoms with Crippen LogP contribution in [-0.4, -0.2) is 44.7 Å². The van der Waals surface area contributed by atoms with Gasteiger partial charge in [0.1, 0.15) is 5.75 Å². The second-order valence-electron chi connectivity index (χ2n) is 6.82. The number of alkyl halides is 3. The number of piperazine rings is 1. The van der Waals surface area contributed by atoms with Gasteiger partial charge in [-0.25, -0.2) is 0 Å². The molecule has 146 valence electrons. The molecule has 27 heavy (non-hydrogen) atoms. The van der Waals surface area contributed by atoms with Crippen LogP contribution in [0.15, 0.2) is 48.5 Å². The molecule has 3 nitrogen and oxygen atoms in total. The standard InChI is InChI=1S/C21H25F3N2O/c1-27-20-10-8-19(9-11-20)26-15-13-25(14-16-26)12-2-3-17-4-6-18(7-5-17)21(22,23)24/h4-11H,2-3,12-16H2,1H3. The van der Waals surface area contributed by atoms with E-state index in [2.05, 4.69) is 21.9 Å². The van der Waals surface area contributed by atoms with Crippen molar-refractivity contribution in [3.63, 3.8) is 0 Å². The molecule has 0 saturated carbocycles. The summed E-state index contributed by atoms with van der Waals surface area (Å²) >= 11 is 0. The van der Waals surface area contributed by atoms with Crippen LogP contribution in [0, 0.1) is 0 Å². The van der Waals surface area contributed by atoms with Gasteiger partial charge >= 0.3 is 6.18 Å². The molecular weight excluding hydrogens is 353 g/mol. The predicted octanol–water partition coefficient (Wildman–Crippen LogP) is 4.47. The molecule has 1 fully saturated rings. The molecule has 3 rings (SSSR count). The second-order valence-corrected chi connectivity index (χ2v) is 6.82. The van der Waals surface area contributed by atoms with Gasteiger partial charge in [0.15, 0.2) is 0 Å². The van der Waals surface area contributed by atoms with Crippen LogP contribution in [0.25, 0.3) is 0 Å². The number of nitrogens with zero attached hydrogens (tertiary/aromatic N) is 2. The van der Waals surface area contributed by atoms with Gasteiger partial charge in [-0.2, -0.15) is 13.2 Å². The van der Waals surface area contributed by atoms with Crippen molar-refractivity contribution in [3.8, 4) is 5.75 Å². The summed E-state index contributed by atoms with van der Waals surface area (Å²) in [6, 6.07) is 13.6. The Morgan fingerprint density at radius 3 is 2.07 bits per heavy atom. The zero-order valence-electron chi connectivity index (χ0n) is 15.5. The van der Waals surface area contributed by atoms with Gasteiger partial charge in [0.2, 0.25) is 0 Å². The van der Waals surface area contributed by atoms with Gasteiger partial charge in [-0.1, -0.05) is 12.1 Å². The van der Waals surface area contributed by atoms with Crippen LogP contribution >= 0.6 is 0 Å². The van der Waals surface area contributed by atoms with Crippen molar-refractivity contribution < 1.29 is 17.9 Å². The number of methoxy groups -OCH3 is 1. The normalized spacial score (nSPS) is 15.8. The molecular formula is C21H25F3N2O. The van der Waals surface area contributed by atoms with E-state index in [0.717, 1.165) is 56.9 Å². The lowest BCUT2D eigenvalue weighted by molar-refractivity contribution is -0.137. The van der Waals surface area contributed by atoms with Crippen molar-refractivity contribution in [1.82, 2.24) is 4.90 Å². The number of rotatable bonds is 6. The quantitative estimate of drug-likeness (QED) is 0.738. The first kappa shape index (κ1) is 19.5. The van der Waals surface area contributed by atoms with Gasteiger partial charge in [-0.3, -0.25) is 4.90 Å². The second kappa shape index (κ2) is 8.65. The number of anilines is 1. The molecule has 0 aliphatic carbocycles. The summed E-state index contributed by atoms with van der Waals surface area (Å²) in [5, 5.41) is 0. The lowest BCUT2D eigenvalue weighted by Crippen LogP contribution is -2.46. The third-order valence-electron chi connectivity index (χ3n) is 5.03. The summed E-state index contributed by atoms with van der Waals surface area (Å²) in [5.41, 5.74) is 1.58. The lowest BCUT2D eigenvalue weighted by atomic mass is 10.1. The van der Waals surface area contributed by atoms with Gasteiger partial charge in [0.25, 0.3) is 0 Å². The Balaban J connectivity index is 1.40. The van der Waals surface area contributed by atoms with Crippen molar-refractivity contribution in [3.05, 3.63) is 59.7 Å². The SMILES string of the molecule is COc1ccc(N2CCN(CCCc3ccc(C(F)(F)F)cc3)CC2)cc1. The summed E-state index contributed by atoms with van der Waals surface area (Å²) in [6.07, 6.45) is -2.51. The van der Waals surface area contributed by atoms with Gasteiger partial charge < -0.3 is 9.64 Å². The molecule has 0 atom stereocenters. The van der Waals surface area contributed by atoms with Gasteiger partial charge in [-0.05, 0) is 61.3 Å². The smallest absolute Gasteiger partial charge is 0.416 e. The van der Waals surface area contributed by atoms with E-state index in [1.54, 1.807) is 19.2 Å². The molecule has 1 saturated heterocycles. The lowest BCUT2D eigenvalue weighted by Gasteiger charge is -2.36. The molecule has 1 heterocycles. The van der Waals surface area contributed by atoms with E-state index in [9.17, 15) is 13.2 Å². The van der Waals surface area contributed by atoms with Crippen LogP contribution in [0.5, 0.6) is 5.75 Å². The number of benzene rings is 2. The Kier molecular flexibility index (Phi) is 6.26. The molecule has 0 spiro atoms. The maximum absolute atomic E-state index is 12.6. The number of ether oxygens (including phenoxy) is 1. The maximum Gasteiger partial charge on any atom is 0.416 e. The van der Waals surface area contributed by atoms with E-state index in [-0.39, 0.29) is 0 Å². The maximum atomic E-state index is 12.6. The third kappa shape index (κ3) is 5.39. The molecule has 2 aromatic carbocycles. The van der Waals surface area contributed by atoms with Crippen molar-refractivity contribution in [1.29, 1.82) is 0 Å². The molecule has 0 radical (unpaired) electrons. The highest BCUT2D eigenvalue weighted by molar-refractivity contribution is 5.49. The van der Waals surface area contributed by atoms with Gasteiger partial charge in [0.05, 0.1) is 12.7 Å². The minimum absolute atomic E-state index is 0.582. The summed E-state index contributed by atoms with van der Waals surface area (Å²) < 4.78 is 43.0. The largest absolute Gasteiger partial charge is 0.497 e. The molecule has 2 aromatic rings. The summed E-state index contributed by atoms with van der Waals surface area (Å²) in [5.74, 6) is 0.862. The molecule has 0 bridgehead atoms. The van der Waals surface area contributed by atoms with Gasteiger partial charge in [-0.15, -0.1) is 0 Å². The molecule has 1 aliphatic rings. The van der Waals surface area contributed by atoms with Crippen molar-refractivity contribution in [2.45, 2.75) is 19.0 Å². The third-order valence-corrected chi connectivity index (χ3v) is 5.03. The number of halogens is 3. The van der Waals surface area contributed by atoms with Crippen molar-refractivity contribution in [2.75, 3.05) is 44.7 Å². The van der Waals surface area contributed by atoms with Crippen molar-refractivity contribution >= 4 is 5.69 Å². The van der Waals surface area contributed by atoms with Crippen LogP contribution in [0.1, 0.15) is 17.5 Å². The van der Waals surface area contributed by atoms with Crippen LogP contribution in [0.3, 0.4) is 0 Å². The van der Waals surface area contributed by atoms with E-state index < -0.39 is 11.7 Å². The molecule has 1 aliphatic heterocycles. The zero-order chi connectivity index (χ0) is 19.3. The van der Waals surface area contributed by atoms with Crippen LogP contribution in [0.4, 0.5) is 18.9 Å². The Hall–Kier alpha value is -2.21. The average Bonchev–Trinajstić information content (AvgIpc) is 2.68. The van der Waals surface area contributed by atoms with E-state index >= 15 is 0 Å². The van der Waals surface area contributed by atoms with Crippen LogP contribution < -0.4 is 9.64 Å². The topological polar surface area (TPSA) is 15.7 Å². The summed E-state index contributed by atoms with van der Waals surface area (Å²) in [4.78, 5) is 4.79. The van der Waals surface area contributed by atoms with Gasteiger partial charge in [0, 0.05) is 31.9 Å². The Labute approximate surface area is 158 Å². The first-order chi connectivity index (χ1) is 13.0. The average molecular weight is 378 g/mol. The molecule has 0 N–H and O–H groups in total. The highest BCUT2D eigenvalue weighted by atomic mass is 19.4. The Bertz CT molecular complexity index is 706. The van der Waals surface area contributed by atoms with Crippen LogP contribution in [0.2, 0.25) is 0 Å². The Morgan fingerprint density at radius 1 is 0.889 bits per heavy atom. The fourth-order valence-corrected chi connectivity index (χ4v) is 3.39. The summed E-state index contributed by atoms with van der Waals surface area (Å²) in [7, 11) is 1.67. The number of aryl methyl sites for hydroxylation is 1. The number of hydrogen-bond acceptors (Lipinski definition) is 3. The Morgan fingerprint density at radius 2 is 1.52 bits per heavy atom. The van der Waals surface area contributed by atoms with E-state index in [0.29, 0.717) is 0 Å². The minimum Gasteiger partial charge on any atom is -0.497 e. The highest BCUT2D eigenvalue weighted by Gasteiger charge is 2.29. The first-order valence-electron chi connectivity index (χ1n) is 9.23. The highest BCUT2D eigenvalue weighted by Crippen LogP contribution is 2.29. The minimum atomic E-state index is -4.26. The van der Waals surface area contributed by atoms with E-state index in [1.165, 1.54) is 17.8 Å². The predicted molar refractivity (Wildman–Crippen MR) is 101 cm³/mol. The monoisotopic (exact) mass is 378 g/mol. The zero-order valence-corrected chi connectivity index (χ0v) is 15.5. The summed E-state index contributed by atoms with van der Waals surface area (Å²) in [6.45, 7) is 4.93. The molecule has 0 amide bonds. The fourth-order valence-electron chi connectivity index (χ4n) is 3.39. The van der Waals surface area contributed by atoms with Crippen molar-refractivity contribution in [2.24, 2.45) is 0 Å². The van der Waals surface area contributed by atoms with Crippen LogP contribution in [-0.2, 0) is 12.6 Å². The van der Waals surface area contributed by atoms with E-state index in [1.807, 2.05) is 12.1 Å². The molecule has 6 heteroatoms. The molecule has 0 unspecified atom stereocenters. The number of hydrogen-bond donors (Lipinski definition) is 0.